The van der Waals surface area contributed by atoms with Crippen molar-refractivity contribution < 1.29 is 0 Å². The third-order valence-electron chi connectivity index (χ3n) is 2.18. The fraction of sp³-hybridized carbons (Fsp3) is 0.556. The first-order valence-corrected chi connectivity index (χ1v) is 4.63. The second kappa shape index (κ2) is 3.60. The molecule has 4 nitrogen and oxygen atoms in total. The van der Waals surface area contributed by atoms with Crippen LogP contribution >= 0.6 is 0 Å². The number of hydrogen-bond acceptors (Lipinski definition) is 2. The van der Waals surface area contributed by atoms with Crippen LogP contribution in [0, 0.1) is 5.92 Å². The first-order valence-electron chi connectivity index (χ1n) is 4.63. The summed E-state index contributed by atoms with van der Waals surface area (Å²) in [6.07, 6.45) is 6.14. The van der Waals surface area contributed by atoms with Gasteiger partial charge in [0, 0.05) is 18.3 Å². The standard InChI is InChI=1S/C9H14N4/c10-9(8-2-3-8)11-5-7-13-6-1-4-12-13/h1,4,6,8H,2-3,5,7H2,(H2,10,11). The van der Waals surface area contributed by atoms with E-state index in [0.29, 0.717) is 5.92 Å². The van der Waals surface area contributed by atoms with E-state index in [1.807, 2.05) is 16.9 Å². The highest BCUT2D eigenvalue weighted by Crippen LogP contribution is 2.28. The van der Waals surface area contributed by atoms with E-state index in [-0.39, 0.29) is 0 Å². The summed E-state index contributed by atoms with van der Waals surface area (Å²) in [5.74, 6) is 1.41. The molecule has 70 valence electrons. The van der Waals surface area contributed by atoms with Crippen molar-refractivity contribution in [3.05, 3.63) is 18.5 Å². The van der Waals surface area contributed by atoms with Gasteiger partial charge in [0.1, 0.15) is 0 Å². The highest BCUT2D eigenvalue weighted by molar-refractivity contribution is 5.84. The van der Waals surface area contributed by atoms with Crippen molar-refractivity contribution in [2.75, 3.05) is 6.54 Å². The van der Waals surface area contributed by atoms with Crippen LogP contribution in [0.25, 0.3) is 0 Å². The quantitative estimate of drug-likeness (QED) is 0.543. The molecule has 1 fully saturated rings. The van der Waals surface area contributed by atoms with Gasteiger partial charge in [0.15, 0.2) is 0 Å². The molecule has 0 radical (unpaired) electrons. The number of aliphatic imine (C=N–C) groups is 1. The predicted molar refractivity (Wildman–Crippen MR) is 51.4 cm³/mol. The summed E-state index contributed by atoms with van der Waals surface area (Å²) in [5.41, 5.74) is 5.74. The van der Waals surface area contributed by atoms with Gasteiger partial charge in [0.2, 0.25) is 0 Å². The molecule has 1 aromatic rings. The maximum absolute atomic E-state index is 5.74. The Kier molecular flexibility index (Phi) is 2.29. The van der Waals surface area contributed by atoms with E-state index in [4.69, 9.17) is 5.73 Å². The van der Waals surface area contributed by atoms with Gasteiger partial charge in [0.25, 0.3) is 0 Å². The Hall–Kier alpha value is -1.32. The maximum atomic E-state index is 5.74. The van der Waals surface area contributed by atoms with Crippen LogP contribution in [0.5, 0.6) is 0 Å². The smallest absolute Gasteiger partial charge is 0.0969 e. The molecule has 0 amide bonds. The van der Waals surface area contributed by atoms with Crippen molar-refractivity contribution in [1.82, 2.24) is 9.78 Å². The van der Waals surface area contributed by atoms with E-state index in [9.17, 15) is 0 Å². The third kappa shape index (κ3) is 2.31. The monoisotopic (exact) mass is 178 g/mol. The van der Waals surface area contributed by atoms with Crippen LogP contribution in [0.4, 0.5) is 0 Å². The predicted octanol–water partition coefficient (Wildman–Crippen LogP) is 0.650. The van der Waals surface area contributed by atoms with Crippen LogP contribution in [0.15, 0.2) is 23.5 Å². The molecule has 2 N–H and O–H groups in total. The average molecular weight is 178 g/mol. The number of nitrogens with two attached hydrogens (primary N) is 1. The highest BCUT2D eigenvalue weighted by atomic mass is 15.3. The Balaban J connectivity index is 1.76. The zero-order chi connectivity index (χ0) is 9.10. The van der Waals surface area contributed by atoms with Gasteiger partial charge in [0.05, 0.1) is 18.9 Å². The summed E-state index contributed by atoms with van der Waals surface area (Å²) in [5, 5.41) is 4.08. The van der Waals surface area contributed by atoms with Gasteiger partial charge in [-0.05, 0) is 18.9 Å². The first kappa shape index (κ1) is 8.29. The number of hydrogen-bond donors (Lipinski definition) is 1. The van der Waals surface area contributed by atoms with Crippen molar-refractivity contribution in [3.63, 3.8) is 0 Å². The molecule has 1 aromatic heterocycles. The van der Waals surface area contributed by atoms with Crippen molar-refractivity contribution in [2.45, 2.75) is 19.4 Å². The lowest BCUT2D eigenvalue weighted by Crippen LogP contribution is -2.15. The lowest BCUT2D eigenvalue weighted by molar-refractivity contribution is 0.625. The molecule has 2 rings (SSSR count). The Morgan fingerprint density at radius 2 is 2.46 bits per heavy atom. The molecule has 0 unspecified atom stereocenters. The molecule has 0 spiro atoms. The Labute approximate surface area is 77.5 Å². The molecular formula is C9H14N4. The second-order valence-corrected chi connectivity index (χ2v) is 3.35. The lowest BCUT2D eigenvalue weighted by atomic mass is 10.4. The van der Waals surface area contributed by atoms with Gasteiger partial charge in [-0.15, -0.1) is 0 Å². The summed E-state index contributed by atoms with van der Waals surface area (Å²) >= 11 is 0. The minimum atomic E-state index is 0.581. The topological polar surface area (TPSA) is 56.2 Å². The van der Waals surface area contributed by atoms with Crippen LogP contribution in [0.3, 0.4) is 0 Å². The number of aromatic nitrogens is 2. The van der Waals surface area contributed by atoms with E-state index in [0.717, 1.165) is 18.9 Å². The molecule has 0 atom stereocenters. The van der Waals surface area contributed by atoms with Gasteiger partial charge in [-0.2, -0.15) is 5.10 Å². The Morgan fingerprint density at radius 1 is 1.62 bits per heavy atom. The van der Waals surface area contributed by atoms with E-state index in [1.165, 1.54) is 12.8 Å². The molecule has 1 aliphatic carbocycles. The van der Waals surface area contributed by atoms with E-state index in [1.54, 1.807) is 6.20 Å². The Morgan fingerprint density at radius 3 is 3.08 bits per heavy atom. The highest BCUT2D eigenvalue weighted by Gasteiger charge is 2.24. The largest absolute Gasteiger partial charge is 0.387 e. The molecule has 4 heteroatoms. The fourth-order valence-corrected chi connectivity index (χ4v) is 1.22. The van der Waals surface area contributed by atoms with Gasteiger partial charge in [-0.25, -0.2) is 0 Å². The van der Waals surface area contributed by atoms with Crippen molar-refractivity contribution in [1.29, 1.82) is 0 Å². The van der Waals surface area contributed by atoms with Gasteiger partial charge < -0.3 is 5.73 Å². The lowest BCUT2D eigenvalue weighted by Gasteiger charge is -1.99. The van der Waals surface area contributed by atoms with E-state index < -0.39 is 0 Å². The van der Waals surface area contributed by atoms with Crippen molar-refractivity contribution in [2.24, 2.45) is 16.6 Å². The summed E-state index contributed by atoms with van der Waals surface area (Å²) in [6, 6.07) is 1.91. The van der Waals surface area contributed by atoms with Gasteiger partial charge in [-0.1, -0.05) is 0 Å². The van der Waals surface area contributed by atoms with Gasteiger partial charge in [-0.3, -0.25) is 9.67 Å². The van der Waals surface area contributed by atoms with Crippen molar-refractivity contribution >= 4 is 5.84 Å². The maximum Gasteiger partial charge on any atom is 0.0969 e. The minimum absolute atomic E-state index is 0.581. The summed E-state index contributed by atoms with van der Waals surface area (Å²) in [4.78, 5) is 4.29. The molecule has 0 saturated heterocycles. The zero-order valence-electron chi connectivity index (χ0n) is 7.56. The minimum Gasteiger partial charge on any atom is -0.387 e. The molecule has 0 aromatic carbocycles. The van der Waals surface area contributed by atoms with E-state index >= 15 is 0 Å². The molecular weight excluding hydrogens is 164 g/mol. The summed E-state index contributed by atoms with van der Waals surface area (Å²) < 4.78 is 1.86. The van der Waals surface area contributed by atoms with Crippen LogP contribution in [-0.2, 0) is 6.54 Å². The summed E-state index contributed by atoms with van der Waals surface area (Å²) in [7, 11) is 0. The number of rotatable bonds is 4. The molecule has 1 heterocycles. The molecule has 1 aliphatic rings. The molecule has 1 saturated carbocycles. The van der Waals surface area contributed by atoms with Crippen LogP contribution < -0.4 is 5.73 Å². The van der Waals surface area contributed by atoms with Crippen LogP contribution in [0.1, 0.15) is 12.8 Å². The molecule has 13 heavy (non-hydrogen) atoms. The van der Waals surface area contributed by atoms with E-state index in [2.05, 4.69) is 10.1 Å². The van der Waals surface area contributed by atoms with Crippen molar-refractivity contribution in [3.8, 4) is 0 Å². The first-order chi connectivity index (χ1) is 6.36. The molecule has 0 aliphatic heterocycles. The normalized spacial score (nSPS) is 17.7. The van der Waals surface area contributed by atoms with Crippen LogP contribution in [0.2, 0.25) is 0 Å². The number of amidine groups is 1. The summed E-state index contributed by atoms with van der Waals surface area (Å²) in [6.45, 7) is 1.56. The fourth-order valence-electron chi connectivity index (χ4n) is 1.22. The SMILES string of the molecule is NC(=NCCn1cccn1)C1CC1. The van der Waals surface area contributed by atoms with Crippen LogP contribution in [-0.4, -0.2) is 22.2 Å². The molecule has 0 bridgehead atoms. The Bertz CT molecular complexity index is 285. The number of nitrogens with zero attached hydrogens (tertiary/aromatic N) is 3. The zero-order valence-corrected chi connectivity index (χ0v) is 7.56. The second-order valence-electron chi connectivity index (χ2n) is 3.35. The average Bonchev–Trinajstić information content (AvgIpc) is 2.86. The van der Waals surface area contributed by atoms with Gasteiger partial charge >= 0.3 is 0 Å². The third-order valence-corrected chi connectivity index (χ3v) is 2.18.